The topological polar surface area (TPSA) is 105 Å². The second-order valence-corrected chi connectivity index (χ2v) is 10.4. The lowest BCUT2D eigenvalue weighted by Crippen LogP contribution is -2.25. The molecule has 0 saturated carbocycles. The molecule has 2 aromatic rings. The van der Waals surface area contributed by atoms with Crippen molar-refractivity contribution in [3.8, 4) is 23.0 Å². The first-order chi connectivity index (χ1) is 19.9. The van der Waals surface area contributed by atoms with E-state index in [2.05, 4.69) is 27.7 Å². The fourth-order valence-corrected chi connectivity index (χ4v) is 3.72. The van der Waals surface area contributed by atoms with E-state index in [4.69, 9.17) is 38.3 Å². The number of benzene rings is 2. The van der Waals surface area contributed by atoms with Gasteiger partial charge < -0.3 is 43.4 Å². The minimum Gasteiger partial charge on any atom is -0.493 e. The molecule has 0 aromatic heterocycles. The van der Waals surface area contributed by atoms with Gasteiger partial charge in [0.1, 0.15) is 48.9 Å². The lowest BCUT2D eigenvalue weighted by molar-refractivity contribution is -0.0108. The van der Waals surface area contributed by atoms with E-state index in [9.17, 15) is 5.11 Å². The van der Waals surface area contributed by atoms with Crippen LogP contribution in [0, 0.1) is 11.8 Å². The highest BCUT2D eigenvalue weighted by atomic mass is 16.5. The molecule has 0 amide bonds. The molecule has 0 fully saturated rings. The van der Waals surface area contributed by atoms with Crippen LogP contribution in [0.3, 0.4) is 0 Å². The van der Waals surface area contributed by atoms with E-state index in [0.29, 0.717) is 57.1 Å². The van der Waals surface area contributed by atoms with Crippen LogP contribution in [0.5, 0.6) is 23.0 Å². The first-order valence-corrected chi connectivity index (χ1v) is 14.6. The van der Waals surface area contributed by atoms with E-state index in [-0.39, 0.29) is 31.3 Å². The number of rotatable bonds is 23. The van der Waals surface area contributed by atoms with Crippen LogP contribution in [0.15, 0.2) is 48.5 Å². The van der Waals surface area contributed by atoms with Crippen molar-refractivity contribution in [2.45, 2.75) is 58.8 Å². The Morgan fingerprint density at radius 1 is 0.610 bits per heavy atom. The van der Waals surface area contributed by atoms with Crippen LogP contribution in [0.4, 0.5) is 0 Å². The summed E-state index contributed by atoms with van der Waals surface area (Å²) in [5.41, 5.74) is 0. The Balaban J connectivity index is 1.72. The number of ether oxygens (including phenoxy) is 7. The van der Waals surface area contributed by atoms with E-state index in [0.717, 1.165) is 24.3 Å². The average Bonchev–Trinajstić information content (AvgIpc) is 2.99. The van der Waals surface area contributed by atoms with Crippen molar-refractivity contribution < 1.29 is 43.4 Å². The minimum absolute atomic E-state index is 0.0192. The molecule has 0 aliphatic rings. The van der Waals surface area contributed by atoms with Crippen LogP contribution < -0.4 is 18.9 Å². The summed E-state index contributed by atoms with van der Waals surface area (Å²) in [7, 11) is 1.70. The molecule has 0 aliphatic heterocycles. The molecule has 5 atom stereocenters. The highest BCUT2D eigenvalue weighted by Crippen LogP contribution is 2.22. The predicted octanol–water partition coefficient (Wildman–Crippen LogP) is 4.76. The molecule has 0 heterocycles. The van der Waals surface area contributed by atoms with E-state index in [1.807, 2.05) is 36.4 Å². The van der Waals surface area contributed by atoms with Gasteiger partial charge in [0.25, 0.3) is 0 Å². The van der Waals surface area contributed by atoms with Crippen LogP contribution in [-0.2, 0) is 14.2 Å². The molecule has 0 aliphatic carbocycles. The van der Waals surface area contributed by atoms with Crippen LogP contribution in [0.2, 0.25) is 0 Å². The van der Waals surface area contributed by atoms with Gasteiger partial charge in [0.2, 0.25) is 0 Å². The molecule has 2 aromatic carbocycles. The van der Waals surface area contributed by atoms with Gasteiger partial charge in [0, 0.05) is 31.1 Å². The monoisotopic (exact) mass is 578 g/mol. The Hall–Kier alpha value is -2.56. The highest BCUT2D eigenvalue weighted by molar-refractivity contribution is 5.33. The van der Waals surface area contributed by atoms with Crippen LogP contribution in [0.25, 0.3) is 0 Å². The van der Waals surface area contributed by atoms with Crippen LogP contribution >= 0.6 is 0 Å². The predicted molar refractivity (Wildman–Crippen MR) is 158 cm³/mol. The molecule has 5 unspecified atom stereocenters. The van der Waals surface area contributed by atoms with Crippen molar-refractivity contribution in [2.75, 3.05) is 60.0 Å². The molecule has 232 valence electrons. The third kappa shape index (κ3) is 14.8. The summed E-state index contributed by atoms with van der Waals surface area (Å²) < 4.78 is 40.7. The highest BCUT2D eigenvalue weighted by Gasteiger charge is 2.14. The zero-order chi connectivity index (χ0) is 29.9. The van der Waals surface area contributed by atoms with Gasteiger partial charge in [-0.25, -0.2) is 0 Å². The molecule has 9 nitrogen and oxygen atoms in total. The smallest absolute Gasteiger partial charge is 0.123 e. The van der Waals surface area contributed by atoms with Gasteiger partial charge in [-0.15, -0.1) is 0 Å². The number of aliphatic hydroxyl groups excluding tert-OH is 2. The van der Waals surface area contributed by atoms with E-state index >= 15 is 0 Å². The number of methoxy groups -OCH3 is 1. The maximum absolute atomic E-state index is 9.45. The van der Waals surface area contributed by atoms with Crippen LogP contribution in [-0.4, -0.2) is 88.5 Å². The number of aliphatic hydroxyl groups is 2. The van der Waals surface area contributed by atoms with Gasteiger partial charge in [0.15, 0.2) is 0 Å². The average molecular weight is 579 g/mol. The second kappa shape index (κ2) is 20.3. The Kier molecular flexibility index (Phi) is 17.2. The van der Waals surface area contributed by atoms with Gasteiger partial charge >= 0.3 is 0 Å². The zero-order valence-electron chi connectivity index (χ0n) is 25.3. The molecule has 0 saturated heterocycles. The normalized spacial score (nSPS) is 15.0. The maximum atomic E-state index is 9.45. The fraction of sp³-hybridized carbons (Fsp3) is 0.625. The summed E-state index contributed by atoms with van der Waals surface area (Å²) in [6.07, 6.45) is 0.740. The van der Waals surface area contributed by atoms with Crippen molar-refractivity contribution in [1.82, 2.24) is 0 Å². The lowest BCUT2D eigenvalue weighted by Gasteiger charge is -2.21. The number of hydrogen-bond donors (Lipinski definition) is 2. The molecule has 2 N–H and O–H groups in total. The Labute approximate surface area is 245 Å². The van der Waals surface area contributed by atoms with Crippen molar-refractivity contribution in [2.24, 2.45) is 11.8 Å². The molecule has 0 spiro atoms. The molecular formula is C32H50O9. The molecule has 41 heavy (non-hydrogen) atoms. The molecule has 0 bridgehead atoms. The quantitative estimate of drug-likeness (QED) is 0.193. The summed E-state index contributed by atoms with van der Waals surface area (Å²) in [6, 6.07) is 14.9. The van der Waals surface area contributed by atoms with Gasteiger partial charge in [-0.2, -0.15) is 0 Å². The van der Waals surface area contributed by atoms with Gasteiger partial charge in [-0.3, -0.25) is 0 Å². The van der Waals surface area contributed by atoms with Crippen molar-refractivity contribution in [1.29, 1.82) is 0 Å². The third-order valence-electron chi connectivity index (χ3n) is 6.27. The Morgan fingerprint density at radius 2 is 1.02 bits per heavy atom. The lowest BCUT2D eigenvalue weighted by atomic mass is 10.2. The zero-order valence-corrected chi connectivity index (χ0v) is 25.3. The summed E-state index contributed by atoms with van der Waals surface area (Å²) in [4.78, 5) is 0. The van der Waals surface area contributed by atoms with E-state index in [1.54, 1.807) is 19.2 Å². The standard InChI is InChI=1S/C32H50O9/c1-6-27(36-18-24(3)17-35-5)22-40-31-12-9-13-32(15-31)41-23-28(7-2)37-19-25(4)20-38-29-10-8-11-30(14-29)39-21-26(34)16-33/h8-15,24-28,33-34H,6-7,16-23H2,1-5H3. The van der Waals surface area contributed by atoms with Crippen molar-refractivity contribution in [3.05, 3.63) is 48.5 Å². The van der Waals surface area contributed by atoms with Crippen molar-refractivity contribution >= 4 is 0 Å². The van der Waals surface area contributed by atoms with Gasteiger partial charge in [-0.05, 0) is 37.1 Å². The van der Waals surface area contributed by atoms with Gasteiger partial charge in [0.05, 0.1) is 45.2 Å². The third-order valence-corrected chi connectivity index (χ3v) is 6.27. The summed E-state index contributed by atoms with van der Waals surface area (Å²) in [5, 5.41) is 18.4. The van der Waals surface area contributed by atoms with Crippen LogP contribution in [0.1, 0.15) is 40.5 Å². The maximum Gasteiger partial charge on any atom is 0.123 e. The fourth-order valence-electron chi connectivity index (χ4n) is 3.72. The number of hydrogen-bond acceptors (Lipinski definition) is 9. The SMILES string of the molecule is CCC(COc1cccc(OCC(CC)OCC(C)COc2cccc(OCC(O)CO)c2)c1)OCC(C)COC. The summed E-state index contributed by atoms with van der Waals surface area (Å²) >= 11 is 0. The van der Waals surface area contributed by atoms with E-state index in [1.165, 1.54) is 0 Å². The minimum atomic E-state index is -0.913. The molecule has 2 rings (SSSR count). The largest absolute Gasteiger partial charge is 0.493 e. The molecule has 0 radical (unpaired) electrons. The molecule has 9 heteroatoms. The van der Waals surface area contributed by atoms with Gasteiger partial charge in [-0.1, -0.05) is 39.8 Å². The van der Waals surface area contributed by atoms with Crippen molar-refractivity contribution in [3.63, 3.8) is 0 Å². The Bertz CT molecular complexity index is 941. The molecular weight excluding hydrogens is 528 g/mol. The first-order valence-electron chi connectivity index (χ1n) is 14.6. The summed E-state index contributed by atoms with van der Waals surface area (Å²) in [5.74, 6) is 3.22. The summed E-state index contributed by atoms with van der Waals surface area (Å²) in [6.45, 7) is 11.3. The Morgan fingerprint density at radius 3 is 1.44 bits per heavy atom. The second-order valence-electron chi connectivity index (χ2n) is 10.4. The first kappa shape index (κ1) is 34.6. The van der Waals surface area contributed by atoms with E-state index < -0.39 is 6.10 Å².